The highest BCUT2D eigenvalue weighted by atomic mass is 16.2. The van der Waals surface area contributed by atoms with Crippen LogP contribution in [0, 0.1) is 0 Å². The van der Waals surface area contributed by atoms with Gasteiger partial charge in [0.2, 0.25) is 0 Å². The number of nitrogens with zero attached hydrogens (tertiary/aromatic N) is 2. The minimum atomic E-state index is -0.792. The van der Waals surface area contributed by atoms with Gasteiger partial charge in [-0.05, 0) is 5.57 Å². The van der Waals surface area contributed by atoms with Gasteiger partial charge >= 0.3 is 17.8 Å². The van der Waals surface area contributed by atoms with Crippen LogP contribution in [0.2, 0.25) is 0 Å². The second kappa shape index (κ2) is 5.09. The van der Waals surface area contributed by atoms with E-state index in [1.165, 1.54) is 7.05 Å². The van der Waals surface area contributed by atoms with Gasteiger partial charge in [-0.3, -0.25) is 19.4 Å². The highest BCUT2D eigenvalue weighted by Gasteiger charge is 2.41. The van der Waals surface area contributed by atoms with Gasteiger partial charge in [0.15, 0.2) is 0 Å². The number of hydrogen-bond acceptors (Lipinski definition) is 4. The van der Waals surface area contributed by atoms with Gasteiger partial charge in [0.25, 0.3) is 0 Å². The molecule has 1 heterocycles. The molecule has 1 saturated heterocycles. The Morgan fingerprint density at radius 1 is 1.29 bits per heavy atom. The van der Waals surface area contributed by atoms with Crippen LogP contribution in [0.5, 0.6) is 0 Å². The lowest BCUT2D eigenvalue weighted by Gasteiger charge is -2.16. The van der Waals surface area contributed by atoms with Gasteiger partial charge in [-0.2, -0.15) is 0 Å². The van der Waals surface area contributed by atoms with E-state index in [9.17, 15) is 14.4 Å². The summed E-state index contributed by atoms with van der Waals surface area (Å²) in [6, 6.07) is -0.299. The second-order valence-electron chi connectivity index (χ2n) is 4.32. The lowest BCUT2D eigenvalue weighted by molar-refractivity contribution is -0.142. The van der Waals surface area contributed by atoms with E-state index in [4.69, 9.17) is 0 Å². The van der Waals surface area contributed by atoms with Gasteiger partial charge in [-0.25, -0.2) is 4.79 Å². The Bertz CT molecular complexity index is 376. The zero-order valence-electron chi connectivity index (χ0n) is 10.3. The number of amides is 4. The van der Waals surface area contributed by atoms with Crippen molar-refractivity contribution in [3.05, 3.63) is 12.2 Å². The van der Waals surface area contributed by atoms with E-state index < -0.39 is 17.8 Å². The number of carbonyl (C=O) groups excluding carboxylic acids is 3. The minimum Gasteiger partial charge on any atom is -0.311 e. The van der Waals surface area contributed by atoms with Crippen molar-refractivity contribution in [2.75, 3.05) is 20.1 Å². The van der Waals surface area contributed by atoms with Crippen LogP contribution in [-0.2, 0) is 9.59 Å². The zero-order chi connectivity index (χ0) is 13.2. The van der Waals surface area contributed by atoms with Gasteiger partial charge in [0.05, 0.1) is 6.54 Å². The number of rotatable bonds is 5. The van der Waals surface area contributed by atoms with Gasteiger partial charge in [0, 0.05) is 19.6 Å². The second-order valence-corrected chi connectivity index (χ2v) is 4.32. The molecule has 0 unspecified atom stereocenters. The molecule has 0 radical (unpaired) electrons. The lowest BCUT2D eigenvalue weighted by Crippen LogP contribution is -2.36. The fourth-order valence-corrected chi connectivity index (χ4v) is 1.38. The normalized spacial score (nSPS) is 16.4. The molecule has 0 bridgehead atoms. The molecule has 0 atom stereocenters. The average molecular weight is 239 g/mol. The first-order valence-corrected chi connectivity index (χ1v) is 5.38. The molecule has 0 saturated carbocycles. The quantitative estimate of drug-likeness (QED) is 0.415. The molecule has 6 heteroatoms. The third-order valence-corrected chi connectivity index (χ3v) is 2.39. The maximum absolute atomic E-state index is 11.5. The summed E-state index contributed by atoms with van der Waals surface area (Å²) in [6.45, 7) is 8.32. The molecular formula is C11H17N3O3. The molecular weight excluding hydrogens is 222 g/mol. The summed E-state index contributed by atoms with van der Waals surface area (Å²) < 4.78 is 0. The summed E-state index contributed by atoms with van der Waals surface area (Å²) in [5, 5.41) is 3.12. The van der Waals surface area contributed by atoms with Crippen molar-refractivity contribution in [2.24, 2.45) is 0 Å². The molecule has 4 amide bonds. The monoisotopic (exact) mass is 239 g/mol. The molecule has 1 N–H and O–H groups in total. The molecule has 1 aliphatic heterocycles. The Morgan fingerprint density at radius 2 is 1.88 bits per heavy atom. The third-order valence-electron chi connectivity index (χ3n) is 2.39. The predicted molar refractivity (Wildman–Crippen MR) is 62.2 cm³/mol. The smallest absolute Gasteiger partial charge is 0.311 e. The maximum atomic E-state index is 11.5. The summed E-state index contributed by atoms with van der Waals surface area (Å²) in [7, 11) is 1.29. The Hall–Kier alpha value is -1.69. The summed E-state index contributed by atoms with van der Waals surface area (Å²) in [6.07, 6.45) is 0. The van der Waals surface area contributed by atoms with Crippen molar-refractivity contribution in [3.63, 3.8) is 0 Å². The summed E-state index contributed by atoms with van der Waals surface area (Å²) in [4.78, 5) is 36.0. The maximum Gasteiger partial charge on any atom is 0.334 e. The van der Waals surface area contributed by atoms with Crippen molar-refractivity contribution in [3.8, 4) is 0 Å². The Labute approximate surface area is 100 Å². The molecule has 17 heavy (non-hydrogen) atoms. The van der Waals surface area contributed by atoms with Gasteiger partial charge in [-0.15, -0.1) is 0 Å². The van der Waals surface area contributed by atoms with E-state index in [0.717, 1.165) is 9.80 Å². The Balaban J connectivity index is 2.57. The molecule has 1 fully saturated rings. The fraction of sp³-hybridized carbons (Fsp3) is 0.545. The molecule has 1 aliphatic rings. The number of urea groups is 1. The number of hydrogen-bond donors (Lipinski definition) is 1. The minimum absolute atomic E-state index is 0.0769. The summed E-state index contributed by atoms with van der Waals surface area (Å²) in [5.41, 5.74) is 0.684. The van der Waals surface area contributed by atoms with E-state index in [0.29, 0.717) is 18.2 Å². The first-order chi connectivity index (χ1) is 7.84. The average Bonchev–Trinajstić information content (AvgIpc) is 2.44. The van der Waals surface area contributed by atoms with Crippen LogP contribution < -0.4 is 5.32 Å². The van der Waals surface area contributed by atoms with Crippen LogP contribution in [0.4, 0.5) is 4.79 Å². The largest absolute Gasteiger partial charge is 0.334 e. The van der Waals surface area contributed by atoms with Crippen molar-refractivity contribution in [2.45, 2.75) is 19.9 Å². The highest BCUT2D eigenvalue weighted by molar-refractivity contribution is 6.44. The van der Waals surface area contributed by atoms with E-state index in [1.807, 2.05) is 13.8 Å². The summed E-state index contributed by atoms with van der Waals surface area (Å²) >= 11 is 0. The van der Waals surface area contributed by atoms with E-state index >= 15 is 0 Å². The molecule has 0 aliphatic carbocycles. The predicted octanol–water partition coefficient (Wildman–Crippen LogP) is -0.0388. The van der Waals surface area contributed by atoms with E-state index in [2.05, 4.69) is 11.9 Å². The highest BCUT2D eigenvalue weighted by Crippen LogP contribution is 2.11. The topological polar surface area (TPSA) is 69.7 Å². The number of carbonyl (C=O) groups is 3. The van der Waals surface area contributed by atoms with Crippen LogP contribution >= 0.6 is 0 Å². The Kier molecular flexibility index (Phi) is 4.01. The van der Waals surface area contributed by atoms with Crippen molar-refractivity contribution >= 4 is 17.8 Å². The number of imide groups is 2. The standard InChI is InChI=1S/C11H17N3O3/c1-7(2)12-5-8(3)6-14-10(16)9(15)13(4)11(14)17/h7,12H,3,5-6H2,1-2,4H3. The van der Waals surface area contributed by atoms with Crippen LogP contribution in [0.3, 0.4) is 0 Å². The first kappa shape index (κ1) is 13.4. The SMILES string of the molecule is C=C(CNC(C)C)CN1C(=O)C(=O)N(C)C1=O. The van der Waals surface area contributed by atoms with Crippen LogP contribution in [-0.4, -0.2) is 53.8 Å². The number of nitrogens with one attached hydrogen (secondary N) is 1. The van der Waals surface area contributed by atoms with E-state index in [1.54, 1.807) is 0 Å². The van der Waals surface area contributed by atoms with Crippen molar-refractivity contribution < 1.29 is 14.4 Å². The number of likely N-dealkylation sites (N-methyl/N-ethyl adjacent to an activating group) is 1. The molecule has 6 nitrogen and oxygen atoms in total. The lowest BCUT2D eigenvalue weighted by atomic mass is 10.2. The zero-order valence-corrected chi connectivity index (χ0v) is 10.3. The molecule has 0 spiro atoms. The van der Waals surface area contributed by atoms with Crippen molar-refractivity contribution in [1.82, 2.24) is 15.1 Å². The van der Waals surface area contributed by atoms with Crippen LogP contribution in [0.1, 0.15) is 13.8 Å². The Morgan fingerprint density at radius 3 is 2.29 bits per heavy atom. The molecule has 0 aromatic carbocycles. The molecule has 0 aromatic heterocycles. The summed E-state index contributed by atoms with van der Waals surface area (Å²) in [5.74, 6) is -1.58. The van der Waals surface area contributed by atoms with Gasteiger partial charge < -0.3 is 5.32 Å². The molecule has 0 aromatic rings. The van der Waals surface area contributed by atoms with Gasteiger partial charge in [0.1, 0.15) is 0 Å². The fourth-order valence-electron chi connectivity index (χ4n) is 1.38. The molecule has 94 valence electrons. The third kappa shape index (κ3) is 2.91. The first-order valence-electron chi connectivity index (χ1n) is 5.38. The van der Waals surface area contributed by atoms with Crippen LogP contribution in [0.25, 0.3) is 0 Å². The van der Waals surface area contributed by atoms with E-state index in [-0.39, 0.29) is 6.54 Å². The molecule has 1 rings (SSSR count). The van der Waals surface area contributed by atoms with Crippen molar-refractivity contribution in [1.29, 1.82) is 0 Å². The van der Waals surface area contributed by atoms with Gasteiger partial charge in [-0.1, -0.05) is 20.4 Å². The van der Waals surface area contributed by atoms with Crippen LogP contribution in [0.15, 0.2) is 12.2 Å².